The third-order valence-corrected chi connectivity index (χ3v) is 5.80. The van der Waals surface area contributed by atoms with E-state index in [1.807, 2.05) is 20.8 Å². The zero-order chi connectivity index (χ0) is 19.4. The summed E-state index contributed by atoms with van der Waals surface area (Å²) < 4.78 is 27.5. The van der Waals surface area contributed by atoms with Crippen molar-refractivity contribution < 1.29 is 18.4 Å². The first-order chi connectivity index (χ1) is 12.2. The van der Waals surface area contributed by atoms with Gasteiger partial charge in [0.25, 0.3) is 0 Å². The van der Waals surface area contributed by atoms with E-state index in [1.54, 1.807) is 11.9 Å². The molecule has 144 valence electrons. The van der Waals surface area contributed by atoms with Gasteiger partial charge in [0.15, 0.2) is 0 Å². The van der Waals surface area contributed by atoms with Crippen molar-refractivity contribution in [3.05, 3.63) is 35.4 Å². The number of urea groups is 1. The van der Waals surface area contributed by atoms with Crippen LogP contribution in [0.1, 0.15) is 38.1 Å². The summed E-state index contributed by atoms with van der Waals surface area (Å²) in [5.74, 6) is -1.39. The van der Waals surface area contributed by atoms with Gasteiger partial charge in [-0.2, -0.15) is 0 Å². The number of hydrogen-bond acceptors (Lipinski definition) is 3. The minimum atomic E-state index is -0.664. The molecule has 1 fully saturated rings. The maximum Gasteiger partial charge on any atom is 0.317 e. The van der Waals surface area contributed by atoms with E-state index in [0.29, 0.717) is 13.0 Å². The second kappa shape index (κ2) is 8.70. The Labute approximate surface area is 157 Å². The Morgan fingerprint density at radius 3 is 2.65 bits per heavy atom. The highest BCUT2D eigenvalue weighted by Gasteiger charge is 2.41. The van der Waals surface area contributed by atoms with Crippen LogP contribution in [0.25, 0.3) is 0 Å². The van der Waals surface area contributed by atoms with Crippen LogP contribution in [-0.4, -0.2) is 53.2 Å². The molecule has 2 atom stereocenters. The number of benzene rings is 1. The lowest BCUT2D eigenvalue weighted by molar-refractivity contribution is -0.130. The predicted octanol–water partition coefficient (Wildman–Crippen LogP) is 3.37. The highest BCUT2D eigenvalue weighted by Crippen LogP contribution is 2.44. The SMILES string of the molecule is CC[C@@H]1S[C@@H](c2ccc(F)cc2F)N(CCN(C)C(=O)NC(C)C)C1=O. The molecular weight excluding hydrogens is 360 g/mol. The van der Waals surface area contributed by atoms with Crippen LogP contribution in [-0.2, 0) is 4.79 Å². The maximum atomic E-state index is 14.2. The molecule has 1 aromatic carbocycles. The number of nitrogens with one attached hydrogen (secondary N) is 1. The van der Waals surface area contributed by atoms with E-state index in [1.165, 1.54) is 28.8 Å². The van der Waals surface area contributed by atoms with Crippen molar-refractivity contribution in [3.8, 4) is 0 Å². The number of hydrogen-bond donors (Lipinski definition) is 1. The smallest absolute Gasteiger partial charge is 0.317 e. The van der Waals surface area contributed by atoms with Gasteiger partial charge in [-0.1, -0.05) is 13.0 Å². The summed E-state index contributed by atoms with van der Waals surface area (Å²) in [4.78, 5) is 27.7. The van der Waals surface area contributed by atoms with E-state index in [0.717, 1.165) is 6.07 Å². The second-order valence-corrected chi connectivity index (χ2v) is 7.90. The topological polar surface area (TPSA) is 52.6 Å². The van der Waals surface area contributed by atoms with Crippen LogP contribution >= 0.6 is 11.8 Å². The summed E-state index contributed by atoms with van der Waals surface area (Å²) >= 11 is 1.37. The summed E-state index contributed by atoms with van der Waals surface area (Å²) in [7, 11) is 1.65. The first-order valence-electron chi connectivity index (χ1n) is 8.67. The molecule has 0 radical (unpaired) electrons. The number of carbonyl (C=O) groups excluding carboxylic acids is 2. The molecule has 0 aromatic heterocycles. The number of carbonyl (C=O) groups is 2. The fourth-order valence-electron chi connectivity index (χ4n) is 2.75. The van der Waals surface area contributed by atoms with Crippen LogP contribution < -0.4 is 5.32 Å². The first-order valence-corrected chi connectivity index (χ1v) is 9.61. The number of amides is 3. The van der Waals surface area contributed by atoms with Crippen molar-refractivity contribution in [2.45, 2.75) is 43.9 Å². The van der Waals surface area contributed by atoms with Crippen molar-refractivity contribution in [3.63, 3.8) is 0 Å². The zero-order valence-corrected chi connectivity index (χ0v) is 16.3. The number of thioether (sulfide) groups is 1. The molecule has 3 amide bonds. The van der Waals surface area contributed by atoms with Gasteiger partial charge in [0.1, 0.15) is 17.0 Å². The van der Waals surface area contributed by atoms with Gasteiger partial charge in [-0.05, 0) is 26.3 Å². The van der Waals surface area contributed by atoms with Crippen molar-refractivity contribution in [1.82, 2.24) is 15.1 Å². The van der Waals surface area contributed by atoms with Gasteiger partial charge in [0.2, 0.25) is 5.91 Å². The minimum absolute atomic E-state index is 0.0134. The maximum absolute atomic E-state index is 14.2. The highest BCUT2D eigenvalue weighted by atomic mass is 32.2. The average Bonchev–Trinajstić information content (AvgIpc) is 2.87. The third-order valence-electron chi connectivity index (χ3n) is 4.17. The quantitative estimate of drug-likeness (QED) is 0.817. The molecule has 0 aliphatic carbocycles. The van der Waals surface area contributed by atoms with Crippen LogP contribution in [0.15, 0.2) is 18.2 Å². The Bertz CT molecular complexity index is 672. The molecule has 5 nitrogen and oxygen atoms in total. The molecule has 0 saturated carbocycles. The van der Waals surface area contributed by atoms with Gasteiger partial charge in [-0.3, -0.25) is 4.79 Å². The average molecular weight is 385 g/mol. The first kappa shape index (κ1) is 20.5. The lowest BCUT2D eigenvalue weighted by Crippen LogP contribution is -2.44. The number of halogens is 2. The summed E-state index contributed by atoms with van der Waals surface area (Å²) in [5, 5.41) is 2.00. The Balaban J connectivity index is 2.14. The van der Waals surface area contributed by atoms with Gasteiger partial charge in [0, 0.05) is 37.8 Å². The Hall–Kier alpha value is -1.83. The molecule has 0 bridgehead atoms. The Morgan fingerprint density at radius 1 is 1.38 bits per heavy atom. The van der Waals surface area contributed by atoms with E-state index >= 15 is 0 Å². The zero-order valence-electron chi connectivity index (χ0n) is 15.5. The Morgan fingerprint density at radius 2 is 2.08 bits per heavy atom. The van der Waals surface area contributed by atoms with Crippen LogP contribution in [0.2, 0.25) is 0 Å². The summed E-state index contributed by atoms with van der Waals surface area (Å²) in [5.41, 5.74) is 0.287. The minimum Gasteiger partial charge on any atom is -0.336 e. The van der Waals surface area contributed by atoms with Crippen LogP contribution in [0, 0.1) is 11.6 Å². The molecule has 8 heteroatoms. The monoisotopic (exact) mass is 385 g/mol. The van der Waals surface area contributed by atoms with Crippen LogP contribution in [0.3, 0.4) is 0 Å². The van der Waals surface area contributed by atoms with Gasteiger partial charge < -0.3 is 15.1 Å². The van der Waals surface area contributed by atoms with Crippen molar-refractivity contribution in [2.24, 2.45) is 0 Å². The van der Waals surface area contributed by atoms with E-state index in [4.69, 9.17) is 0 Å². The van der Waals surface area contributed by atoms with Crippen LogP contribution in [0.4, 0.5) is 13.6 Å². The van der Waals surface area contributed by atoms with Gasteiger partial charge in [-0.15, -0.1) is 11.8 Å². The lowest BCUT2D eigenvalue weighted by Gasteiger charge is -2.27. The molecule has 26 heavy (non-hydrogen) atoms. The Kier molecular flexibility index (Phi) is 6.86. The van der Waals surface area contributed by atoms with E-state index in [9.17, 15) is 18.4 Å². The number of likely N-dealkylation sites (N-methyl/N-ethyl adjacent to an activating group) is 1. The summed E-state index contributed by atoms with van der Waals surface area (Å²) in [6, 6.07) is 3.20. The van der Waals surface area contributed by atoms with Crippen molar-refractivity contribution >= 4 is 23.7 Å². The lowest BCUT2D eigenvalue weighted by atomic mass is 10.1. The van der Waals surface area contributed by atoms with E-state index in [-0.39, 0.29) is 35.3 Å². The molecule has 1 N–H and O–H groups in total. The summed E-state index contributed by atoms with van der Waals surface area (Å²) in [6.45, 7) is 6.24. The molecule has 1 saturated heterocycles. The number of rotatable bonds is 6. The second-order valence-electron chi connectivity index (χ2n) is 6.61. The van der Waals surface area contributed by atoms with E-state index in [2.05, 4.69) is 5.32 Å². The van der Waals surface area contributed by atoms with Gasteiger partial charge >= 0.3 is 6.03 Å². The van der Waals surface area contributed by atoms with Crippen molar-refractivity contribution in [1.29, 1.82) is 0 Å². The normalized spacial score (nSPS) is 20.0. The largest absolute Gasteiger partial charge is 0.336 e. The molecular formula is C18H25F2N3O2S. The molecule has 1 aliphatic rings. The van der Waals surface area contributed by atoms with E-state index < -0.39 is 17.0 Å². The molecule has 1 heterocycles. The highest BCUT2D eigenvalue weighted by molar-refractivity contribution is 8.01. The van der Waals surface area contributed by atoms with Gasteiger partial charge in [0.05, 0.1) is 5.25 Å². The van der Waals surface area contributed by atoms with Crippen molar-refractivity contribution in [2.75, 3.05) is 20.1 Å². The molecule has 1 aromatic rings. The molecule has 1 aliphatic heterocycles. The fourth-order valence-corrected chi connectivity index (χ4v) is 4.19. The standard InChI is InChI=1S/C18H25F2N3O2S/c1-5-15-16(24)23(9-8-22(4)18(25)21-11(2)3)17(26-15)13-7-6-12(19)10-14(13)20/h6-7,10-11,15,17H,5,8-9H2,1-4H3,(H,21,25)/t15-,17-/m0/s1. The molecule has 0 spiro atoms. The van der Waals surface area contributed by atoms with Gasteiger partial charge in [-0.25, -0.2) is 13.6 Å². The summed E-state index contributed by atoms with van der Waals surface area (Å²) in [6.07, 6.45) is 0.628. The molecule has 2 rings (SSSR count). The van der Waals surface area contributed by atoms with Crippen LogP contribution in [0.5, 0.6) is 0 Å². The predicted molar refractivity (Wildman–Crippen MR) is 98.8 cm³/mol. The number of nitrogens with zero attached hydrogens (tertiary/aromatic N) is 2. The third kappa shape index (κ3) is 4.66. The molecule has 0 unspecified atom stereocenters. The fraction of sp³-hybridized carbons (Fsp3) is 0.556.